The maximum absolute atomic E-state index is 13.2. The lowest BCUT2D eigenvalue weighted by Gasteiger charge is -2.34. The second kappa shape index (κ2) is 9.19. The van der Waals surface area contributed by atoms with Gasteiger partial charge in [0.25, 0.3) is 0 Å². The molecule has 1 saturated heterocycles. The van der Waals surface area contributed by atoms with Crippen LogP contribution in [0.3, 0.4) is 0 Å². The second-order valence-corrected chi connectivity index (χ2v) is 7.72. The zero-order valence-electron chi connectivity index (χ0n) is 16.9. The third-order valence-electron chi connectivity index (χ3n) is 5.31. The minimum absolute atomic E-state index is 0.0788. The first kappa shape index (κ1) is 20.3. The van der Waals surface area contributed by atoms with Crippen LogP contribution in [0.25, 0.3) is 0 Å². The van der Waals surface area contributed by atoms with Crippen LogP contribution in [-0.2, 0) is 13.1 Å². The monoisotopic (exact) mass is 387 g/mol. The Labute approximate surface area is 166 Å². The minimum Gasteiger partial charge on any atom is -0.323 e. The highest BCUT2D eigenvalue weighted by Crippen LogP contribution is 2.21. The van der Waals surface area contributed by atoms with E-state index in [-0.39, 0.29) is 17.9 Å². The van der Waals surface area contributed by atoms with Gasteiger partial charge in [-0.3, -0.25) is 9.58 Å². The van der Waals surface area contributed by atoms with Gasteiger partial charge >= 0.3 is 6.03 Å². The molecule has 7 heteroatoms. The number of aromatic nitrogens is 2. The summed E-state index contributed by atoms with van der Waals surface area (Å²) in [5.41, 5.74) is 1.82. The summed E-state index contributed by atoms with van der Waals surface area (Å²) in [6.07, 6.45) is 4.43. The fourth-order valence-electron chi connectivity index (χ4n) is 3.70. The minimum atomic E-state index is -0.214. The number of aryl methyl sites for hydroxylation is 1. The van der Waals surface area contributed by atoms with Crippen molar-refractivity contribution >= 4 is 11.7 Å². The quantitative estimate of drug-likeness (QED) is 0.849. The van der Waals surface area contributed by atoms with E-state index >= 15 is 0 Å². The van der Waals surface area contributed by atoms with Crippen LogP contribution in [0.15, 0.2) is 36.7 Å². The van der Waals surface area contributed by atoms with Crippen LogP contribution in [0.2, 0.25) is 0 Å². The zero-order valence-corrected chi connectivity index (χ0v) is 16.9. The van der Waals surface area contributed by atoms with E-state index in [9.17, 15) is 9.18 Å². The Morgan fingerprint density at radius 3 is 2.68 bits per heavy atom. The van der Waals surface area contributed by atoms with Gasteiger partial charge in [0.05, 0.1) is 11.9 Å². The Balaban J connectivity index is 1.67. The molecular weight excluding hydrogens is 357 g/mol. The topological polar surface area (TPSA) is 53.4 Å². The van der Waals surface area contributed by atoms with Gasteiger partial charge in [-0.1, -0.05) is 26.0 Å². The molecule has 0 bridgehead atoms. The first-order valence-corrected chi connectivity index (χ1v) is 10.0. The number of hydrogen-bond donors (Lipinski definition) is 1. The molecule has 1 aliphatic rings. The van der Waals surface area contributed by atoms with Crippen molar-refractivity contribution in [2.24, 2.45) is 5.92 Å². The Kier molecular flexibility index (Phi) is 6.67. The van der Waals surface area contributed by atoms with Gasteiger partial charge in [-0.05, 0) is 37.0 Å². The standard InChI is InChI=1S/C21H30FN5O/c1-4-27-14-19(12-23-27)24-21(28)26-11-5-10-25(20(15-26)16(2)3)13-17-6-8-18(22)9-7-17/h6-9,12,14,16,20H,4-5,10-11,13,15H2,1-3H3,(H,24,28). The van der Waals surface area contributed by atoms with Crippen LogP contribution in [0.1, 0.15) is 32.8 Å². The average Bonchev–Trinajstić information content (AvgIpc) is 3.01. The number of carbonyl (C=O) groups is 1. The first-order chi connectivity index (χ1) is 13.5. The molecule has 1 N–H and O–H groups in total. The molecule has 1 atom stereocenters. The molecule has 3 rings (SSSR count). The normalized spacial score (nSPS) is 18.3. The van der Waals surface area contributed by atoms with Gasteiger partial charge in [-0.25, -0.2) is 9.18 Å². The summed E-state index contributed by atoms with van der Waals surface area (Å²) in [6, 6.07) is 6.87. The number of nitrogens with one attached hydrogen (secondary N) is 1. The van der Waals surface area contributed by atoms with Crippen molar-refractivity contribution in [3.8, 4) is 0 Å². The lowest BCUT2D eigenvalue weighted by Crippen LogP contribution is -2.46. The summed E-state index contributed by atoms with van der Waals surface area (Å²) in [5, 5.41) is 7.18. The van der Waals surface area contributed by atoms with Crippen LogP contribution >= 0.6 is 0 Å². The number of nitrogens with zero attached hydrogens (tertiary/aromatic N) is 4. The van der Waals surface area contributed by atoms with E-state index in [0.717, 1.165) is 43.9 Å². The smallest absolute Gasteiger partial charge is 0.321 e. The molecule has 1 aromatic heterocycles. The third kappa shape index (κ3) is 5.10. The maximum Gasteiger partial charge on any atom is 0.321 e. The molecule has 2 heterocycles. The van der Waals surface area contributed by atoms with Crippen LogP contribution in [0, 0.1) is 11.7 Å². The van der Waals surface area contributed by atoms with Gasteiger partial charge in [0.15, 0.2) is 0 Å². The van der Waals surface area contributed by atoms with E-state index in [1.54, 1.807) is 10.9 Å². The molecule has 6 nitrogen and oxygen atoms in total. The lowest BCUT2D eigenvalue weighted by molar-refractivity contribution is 0.138. The van der Waals surface area contributed by atoms with E-state index in [4.69, 9.17) is 0 Å². The van der Waals surface area contributed by atoms with Gasteiger partial charge in [0, 0.05) is 45.0 Å². The molecule has 2 amide bonds. The Hall–Kier alpha value is -2.41. The van der Waals surface area contributed by atoms with Gasteiger partial charge in [0.1, 0.15) is 5.82 Å². The molecule has 0 saturated carbocycles. The van der Waals surface area contributed by atoms with E-state index in [0.29, 0.717) is 12.5 Å². The zero-order chi connectivity index (χ0) is 20.1. The van der Waals surface area contributed by atoms with Gasteiger partial charge in [-0.15, -0.1) is 0 Å². The fraction of sp³-hybridized carbons (Fsp3) is 0.524. The largest absolute Gasteiger partial charge is 0.323 e. The molecule has 152 valence electrons. The number of hydrogen-bond acceptors (Lipinski definition) is 3. The molecule has 2 aromatic rings. The van der Waals surface area contributed by atoms with Gasteiger partial charge in [0.2, 0.25) is 0 Å². The van der Waals surface area contributed by atoms with E-state index in [1.807, 2.05) is 30.2 Å². The summed E-state index contributed by atoms with van der Waals surface area (Å²) < 4.78 is 15.0. The van der Waals surface area contributed by atoms with Crippen LogP contribution in [-0.4, -0.2) is 51.3 Å². The molecule has 0 radical (unpaired) electrons. The van der Waals surface area contributed by atoms with E-state index in [1.165, 1.54) is 12.1 Å². The maximum atomic E-state index is 13.2. The molecule has 1 unspecified atom stereocenters. The fourth-order valence-corrected chi connectivity index (χ4v) is 3.70. The Morgan fingerprint density at radius 1 is 1.29 bits per heavy atom. The summed E-state index contributed by atoms with van der Waals surface area (Å²) in [5.74, 6) is 0.186. The molecule has 1 aliphatic heterocycles. The molecule has 28 heavy (non-hydrogen) atoms. The highest BCUT2D eigenvalue weighted by Gasteiger charge is 2.29. The number of amides is 2. The van der Waals surface area contributed by atoms with Crippen LogP contribution in [0.4, 0.5) is 14.9 Å². The van der Waals surface area contributed by atoms with Crippen LogP contribution in [0.5, 0.6) is 0 Å². The number of urea groups is 1. The summed E-state index contributed by atoms with van der Waals surface area (Å²) >= 11 is 0. The van der Waals surface area contributed by atoms with Crippen molar-refractivity contribution in [3.05, 3.63) is 48.0 Å². The van der Waals surface area contributed by atoms with E-state index < -0.39 is 0 Å². The van der Waals surface area contributed by atoms with Crippen molar-refractivity contribution in [1.82, 2.24) is 19.6 Å². The SMILES string of the molecule is CCn1cc(NC(=O)N2CCCN(Cc3ccc(F)cc3)C(C(C)C)C2)cn1. The summed E-state index contributed by atoms with van der Waals surface area (Å²) in [4.78, 5) is 17.1. The molecular formula is C21H30FN5O. The van der Waals surface area contributed by atoms with Crippen LogP contribution < -0.4 is 5.32 Å². The van der Waals surface area contributed by atoms with Gasteiger partial charge < -0.3 is 10.2 Å². The molecule has 1 fully saturated rings. The summed E-state index contributed by atoms with van der Waals surface area (Å²) in [6.45, 7) is 10.2. The Morgan fingerprint density at radius 2 is 2.04 bits per heavy atom. The second-order valence-electron chi connectivity index (χ2n) is 7.72. The molecule has 0 aliphatic carbocycles. The number of anilines is 1. The summed E-state index contributed by atoms with van der Waals surface area (Å²) in [7, 11) is 0. The van der Waals surface area contributed by atoms with Crippen molar-refractivity contribution in [2.45, 2.75) is 46.3 Å². The number of rotatable bonds is 5. The van der Waals surface area contributed by atoms with Crippen molar-refractivity contribution in [2.75, 3.05) is 25.0 Å². The van der Waals surface area contributed by atoms with Crippen molar-refractivity contribution < 1.29 is 9.18 Å². The van der Waals surface area contributed by atoms with Crippen molar-refractivity contribution in [3.63, 3.8) is 0 Å². The van der Waals surface area contributed by atoms with E-state index in [2.05, 4.69) is 29.2 Å². The number of halogens is 1. The molecule has 0 spiro atoms. The highest BCUT2D eigenvalue weighted by molar-refractivity contribution is 5.89. The third-order valence-corrected chi connectivity index (χ3v) is 5.31. The van der Waals surface area contributed by atoms with Crippen molar-refractivity contribution in [1.29, 1.82) is 0 Å². The lowest BCUT2D eigenvalue weighted by atomic mass is 10.0. The highest BCUT2D eigenvalue weighted by atomic mass is 19.1. The Bertz CT molecular complexity index is 773. The number of carbonyl (C=O) groups excluding carboxylic acids is 1. The number of benzene rings is 1. The van der Waals surface area contributed by atoms with Gasteiger partial charge in [-0.2, -0.15) is 5.10 Å². The molecule has 1 aromatic carbocycles. The first-order valence-electron chi connectivity index (χ1n) is 10.0. The predicted molar refractivity (Wildman–Crippen MR) is 109 cm³/mol. The average molecular weight is 388 g/mol. The predicted octanol–water partition coefficient (Wildman–Crippen LogP) is 3.81.